The van der Waals surface area contributed by atoms with Crippen molar-refractivity contribution in [2.24, 2.45) is 4.99 Å². The Balaban J connectivity index is 0.00000361. The summed E-state index contributed by atoms with van der Waals surface area (Å²) >= 11 is 7.51. The number of guanidine groups is 1. The van der Waals surface area contributed by atoms with E-state index >= 15 is 0 Å². The van der Waals surface area contributed by atoms with Crippen molar-refractivity contribution in [3.05, 3.63) is 21.3 Å². The highest BCUT2D eigenvalue weighted by molar-refractivity contribution is 14.0. The minimum atomic E-state index is -0.209. The molecule has 0 aliphatic rings. The van der Waals surface area contributed by atoms with E-state index in [1.165, 1.54) is 4.88 Å². The first-order valence-corrected chi connectivity index (χ1v) is 7.40. The van der Waals surface area contributed by atoms with Gasteiger partial charge in [-0.1, -0.05) is 11.6 Å². The molecule has 0 spiro atoms. The largest absolute Gasteiger partial charge is 0.377 e. The van der Waals surface area contributed by atoms with Crippen LogP contribution in [0.3, 0.4) is 0 Å². The molecule has 4 nitrogen and oxygen atoms in total. The molecule has 1 aromatic heterocycles. The molecule has 0 saturated heterocycles. The Labute approximate surface area is 147 Å². The molecule has 1 rings (SSSR count). The lowest BCUT2D eigenvalue weighted by Crippen LogP contribution is -2.45. The van der Waals surface area contributed by atoms with Gasteiger partial charge in [0, 0.05) is 32.1 Å². The van der Waals surface area contributed by atoms with Gasteiger partial charge in [-0.3, -0.25) is 4.99 Å². The predicted molar refractivity (Wildman–Crippen MR) is 98.9 cm³/mol. The molecule has 20 heavy (non-hydrogen) atoms. The maximum Gasteiger partial charge on any atom is 0.191 e. The average Bonchev–Trinajstić information content (AvgIpc) is 2.79. The smallest absolute Gasteiger partial charge is 0.191 e. The van der Waals surface area contributed by atoms with Gasteiger partial charge < -0.3 is 15.4 Å². The predicted octanol–water partition coefficient (Wildman–Crippen LogP) is 3.15. The molecule has 2 N–H and O–H groups in total. The number of thiophene rings is 1. The van der Waals surface area contributed by atoms with Gasteiger partial charge in [0.15, 0.2) is 5.96 Å². The van der Waals surface area contributed by atoms with Crippen LogP contribution in [-0.2, 0) is 11.2 Å². The van der Waals surface area contributed by atoms with Gasteiger partial charge in [0.05, 0.1) is 9.94 Å². The highest BCUT2D eigenvalue weighted by atomic mass is 127. The molecule has 0 saturated carbocycles. The summed E-state index contributed by atoms with van der Waals surface area (Å²) in [6, 6.07) is 3.98. The van der Waals surface area contributed by atoms with Crippen LogP contribution in [0.15, 0.2) is 17.1 Å². The maximum absolute atomic E-state index is 5.89. The van der Waals surface area contributed by atoms with Crippen molar-refractivity contribution in [3.63, 3.8) is 0 Å². The summed E-state index contributed by atoms with van der Waals surface area (Å²) in [5.74, 6) is 0.785. The van der Waals surface area contributed by atoms with Gasteiger partial charge >= 0.3 is 0 Å². The maximum atomic E-state index is 5.89. The first-order chi connectivity index (χ1) is 8.96. The van der Waals surface area contributed by atoms with Crippen LogP contribution in [0.1, 0.15) is 18.7 Å². The highest BCUT2D eigenvalue weighted by Gasteiger charge is 2.16. The molecular formula is C13H23ClIN3OS. The van der Waals surface area contributed by atoms with E-state index < -0.39 is 0 Å². The highest BCUT2D eigenvalue weighted by Crippen LogP contribution is 2.21. The molecule has 0 amide bonds. The standard InChI is InChI=1S/C13H22ClN3OS.HI/c1-13(2,18-4)9-17-12(15-3)16-8-7-10-5-6-11(14)19-10;/h5-6H,7-9H2,1-4H3,(H2,15,16,17);1H. The Bertz CT molecular complexity index is 424. The second-order valence-electron chi connectivity index (χ2n) is 4.77. The molecule has 0 aliphatic carbocycles. The lowest BCUT2D eigenvalue weighted by molar-refractivity contribution is 0.0268. The van der Waals surface area contributed by atoms with E-state index in [0.29, 0.717) is 6.54 Å². The Hall–Kier alpha value is -0.0500. The van der Waals surface area contributed by atoms with E-state index in [1.807, 2.05) is 19.9 Å². The SMILES string of the molecule is CN=C(NCCc1ccc(Cl)s1)NCC(C)(C)OC.I. The lowest BCUT2D eigenvalue weighted by Gasteiger charge is -2.24. The van der Waals surface area contributed by atoms with Crippen LogP contribution in [0.4, 0.5) is 0 Å². The quantitative estimate of drug-likeness (QED) is 0.413. The Kier molecular flexibility index (Phi) is 9.78. The fourth-order valence-electron chi connectivity index (χ4n) is 1.38. The van der Waals surface area contributed by atoms with Gasteiger partial charge in [-0.15, -0.1) is 35.3 Å². The third-order valence-corrected chi connectivity index (χ3v) is 4.04. The van der Waals surface area contributed by atoms with Gasteiger partial charge in [0.1, 0.15) is 0 Å². The Morgan fingerprint density at radius 2 is 2.10 bits per heavy atom. The van der Waals surface area contributed by atoms with Crippen LogP contribution in [0.2, 0.25) is 4.34 Å². The first kappa shape index (κ1) is 19.9. The first-order valence-electron chi connectivity index (χ1n) is 6.21. The summed E-state index contributed by atoms with van der Waals surface area (Å²) in [5.41, 5.74) is -0.209. The summed E-state index contributed by atoms with van der Waals surface area (Å²) in [6.45, 7) is 5.58. The molecule has 1 aromatic rings. The molecule has 0 fully saturated rings. The number of nitrogens with zero attached hydrogens (tertiary/aromatic N) is 1. The third kappa shape index (κ3) is 7.66. The molecule has 0 aliphatic heterocycles. The van der Waals surface area contributed by atoms with Gasteiger partial charge in [0.2, 0.25) is 0 Å². The average molecular weight is 432 g/mol. The zero-order valence-corrected chi connectivity index (χ0v) is 16.2. The summed E-state index contributed by atoms with van der Waals surface area (Å²) in [5, 5.41) is 6.51. The van der Waals surface area contributed by atoms with Crippen molar-refractivity contribution >= 4 is 52.9 Å². The summed E-state index contributed by atoms with van der Waals surface area (Å²) in [4.78, 5) is 5.45. The zero-order chi connectivity index (χ0) is 14.3. The van der Waals surface area contributed by atoms with Gasteiger partial charge in [-0.2, -0.15) is 0 Å². The minimum Gasteiger partial charge on any atom is -0.377 e. The number of hydrogen-bond donors (Lipinski definition) is 2. The van der Waals surface area contributed by atoms with Gasteiger partial charge in [-0.05, 0) is 32.4 Å². The monoisotopic (exact) mass is 431 g/mol. The van der Waals surface area contributed by atoms with Crippen LogP contribution in [0.5, 0.6) is 0 Å². The van der Waals surface area contributed by atoms with Crippen LogP contribution in [0.25, 0.3) is 0 Å². The van der Waals surface area contributed by atoms with E-state index in [9.17, 15) is 0 Å². The number of methoxy groups -OCH3 is 1. The molecule has 0 bridgehead atoms. The van der Waals surface area contributed by atoms with Crippen molar-refractivity contribution in [1.82, 2.24) is 10.6 Å². The summed E-state index contributed by atoms with van der Waals surface area (Å²) in [6.07, 6.45) is 0.936. The fourth-order valence-corrected chi connectivity index (χ4v) is 2.47. The molecular weight excluding hydrogens is 409 g/mol. The van der Waals surface area contributed by atoms with Crippen molar-refractivity contribution < 1.29 is 4.74 Å². The minimum absolute atomic E-state index is 0. The fraction of sp³-hybridized carbons (Fsp3) is 0.615. The second-order valence-corrected chi connectivity index (χ2v) is 6.57. The number of rotatable bonds is 6. The Morgan fingerprint density at radius 1 is 1.40 bits per heavy atom. The van der Waals surface area contributed by atoms with Crippen molar-refractivity contribution in [2.45, 2.75) is 25.9 Å². The van der Waals surface area contributed by atoms with E-state index in [0.717, 1.165) is 23.3 Å². The molecule has 0 radical (unpaired) electrons. The summed E-state index contributed by atoms with van der Waals surface area (Å²) in [7, 11) is 3.47. The van der Waals surface area contributed by atoms with Crippen molar-refractivity contribution in [3.8, 4) is 0 Å². The number of aliphatic imine (C=N–C) groups is 1. The van der Waals surface area contributed by atoms with Crippen LogP contribution in [-0.4, -0.2) is 38.8 Å². The normalized spacial score (nSPS) is 11.9. The number of hydrogen-bond acceptors (Lipinski definition) is 3. The number of ether oxygens (including phenoxy) is 1. The van der Waals surface area contributed by atoms with Crippen LogP contribution < -0.4 is 10.6 Å². The molecule has 1 heterocycles. The van der Waals surface area contributed by atoms with Gasteiger partial charge in [0.25, 0.3) is 0 Å². The second kappa shape index (κ2) is 9.81. The zero-order valence-electron chi connectivity index (χ0n) is 12.3. The van der Waals surface area contributed by atoms with E-state index in [2.05, 4.69) is 21.7 Å². The van der Waals surface area contributed by atoms with Crippen LogP contribution >= 0.6 is 46.9 Å². The third-order valence-electron chi connectivity index (χ3n) is 2.75. The molecule has 0 aromatic carbocycles. The van der Waals surface area contributed by atoms with Crippen molar-refractivity contribution in [2.75, 3.05) is 27.2 Å². The molecule has 116 valence electrons. The number of halogens is 2. The molecule has 0 unspecified atom stereocenters. The van der Waals surface area contributed by atoms with E-state index in [-0.39, 0.29) is 29.6 Å². The topological polar surface area (TPSA) is 45.7 Å². The lowest BCUT2D eigenvalue weighted by atomic mass is 10.1. The van der Waals surface area contributed by atoms with Crippen LogP contribution in [0, 0.1) is 0 Å². The summed E-state index contributed by atoms with van der Waals surface area (Å²) < 4.78 is 6.18. The van der Waals surface area contributed by atoms with E-state index in [1.54, 1.807) is 25.5 Å². The van der Waals surface area contributed by atoms with Crippen molar-refractivity contribution in [1.29, 1.82) is 0 Å². The van der Waals surface area contributed by atoms with E-state index in [4.69, 9.17) is 16.3 Å². The molecule has 0 atom stereocenters. The Morgan fingerprint density at radius 3 is 2.60 bits per heavy atom. The number of nitrogens with one attached hydrogen (secondary N) is 2. The molecule has 7 heteroatoms. The van der Waals surface area contributed by atoms with Gasteiger partial charge in [-0.25, -0.2) is 0 Å².